The van der Waals surface area contributed by atoms with Crippen LogP contribution in [-0.4, -0.2) is 24.2 Å². The highest BCUT2D eigenvalue weighted by Crippen LogP contribution is 2.04. The molecule has 0 spiro atoms. The summed E-state index contributed by atoms with van der Waals surface area (Å²) in [7, 11) is 0. The van der Waals surface area contributed by atoms with E-state index in [0.29, 0.717) is 24.4 Å². The van der Waals surface area contributed by atoms with Gasteiger partial charge in [0.2, 0.25) is 0 Å². The van der Waals surface area contributed by atoms with Crippen LogP contribution in [0.2, 0.25) is 0 Å². The first-order valence-electron chi connectivity index (χ1n) is 5.59. The van der Waals surface area contributed by atoms with Gasteiger partial charge in [-0.25, -0.2) is 0 Å². The van der Waals surface area contributed by atoms with Gasteiger partial charge >= 0.3 is 0 Å². The summed E-state index contributed by atoms with van der Waals surface area (Å²) in [6.45, 7) is 4.77. The van der Waals surface area contributed by atoms with E-state index in [1.165, 1.54) is 0 Å². The summed E-state index contributed by atoms with van der Waals surface area (Å²) in [5.41, 5.74) is 1.83. The minimum atomic E-state index is -0.0511. The summed E-state index contributed by atoms with van der Waals surface area (Å²) in [4.78, 5) is 11.7. The maximum absolute atomic E-state index is 11.7. The lowest BCUT2D eigenvalue weighted by atomic mass is 10.1. The number of amides is 1. The second-order valence-corrected chi connectivity index (χ2v) is 4.19. The summed E-state index contributed by atoms with van der Waals surface area (Å²) < 4.78 is 0. The lowest BCUT2D eigenvalue weighted by molar-refractivity contribution is 0.0945. The van der Waals surface area contributed by atoms with Crippen molar-refractivity contribution in [2.75, 3.05) is 13.2 Å². The average Bonchev–Trinajstić information content (AvgIpc) is 2.27. The fourth-order valence-corrected chi connectivity index (χ4v) is 1.40. The highest BCUT2D eigenvalue weighted by molar-refractivity contribution is 5.94. The molecule has 1 rings (SSSR count). The zero-order valence-corrected chi connectivity index (χ0v) is 9.86. The van der Waals surface area contributed by atoms with Crippen LogP contribution in [-0.2, 0) is 0 Å². The summed E-state index contributed by atoms with van der Waals surface area (Å²) in [5, 5.41) is 11.6. The molecule has 16 heavy (non-hydrogen) atoms. The zero-order valence-electron chi connectivity index (χ0n) is 9.86. The van der Waals surface area contributed by atoms with Crippen molar-refractivity contribution in [3.63, 3.8) is 0 Å². The van der Waals surface area contributed by atoms with Crippen LogP contribution in [0, 0.1) is 12.8 Å². The van der Waals surface area contributed by atoms with E-state index < -0.39 is 0 Å². The van der Waals surface area contributed by atoms with Crippen LogP contribution < -0.4 is 5.32 Å². The van der Waals surface area contributed by atoms with Crippen LogP contribution in [0.25, 0.3) is 0 Å². The van der Waals surface area contributed by atoms with Gasteiger partial charge in [0.1, 0.15) is 0 Å². The first-order valence-corrected chi connectivity index (χ1v) is 5.59. The first kappa shape index (κ1) is 12.7. The van der Waals surface area contributed by atoms with Crippen LogP contribution >= 0.6 is 0 Å². The standard InChI is InChI=1S/C13H19NO2/c1-10-3-5-12(6-4-10)13(16)14-9-11(2)7-8-15/h3-6,11,15H,7-9H2,1-2H3,(H,14,16). The van der Waals surface area contributed by atoms with Crippen molar-refractivity contribution in [3.8, 4) is 0 Å². The van der Waals surface area contributed by atoms with Gasteiger partial charge in [-0.05, 0) is 31.4 Å². The SMILES string of the molecule is Cc1ccc(C(=O)NCC(C)CCO)cc1. The van der Waals surface area contributed by atoms with Gasteiger partial charge in [-0.2, -0.15) is 0 Å². The molecule has 0 aliphatic rings. The zero-order chi connectivity index (χ0) is 12.0. The van der Waals surface area contributed by atoms with Crippen molar-refractivity contribution in [1.82, 2.24) is 5.32 Å². The van der Waals surface area contributed by atoms with E-state index in [1.807, 2.05) is 38.1 Å². The van der Waals surface area contributed by atoms with Gasteiger partial charge in [0.25, 0.3) is 5.91 Å². The molecule has 0 saturated heterocycles. The van der Waals surface area contributed by atoms with Gasteiger partial charge in [0.15, 0.2) is 0 Å². The van der Waals surface area contributed by atoms with Crippen LogP contribution in [0.4, 0.5) is 0 Å². The molecule has 0 radical (unpaired) electrons. The Bertz CT molecular complexity index is 332. The Balaban J connectivity index is 2.43. The number of hydrogen-bond donors (Lipinski definition) is 2. The molecule has 0 fully saturated rings. The Kier molecular flexibility index (Phi) is 4.99. The van der Waals surface area contributed by atoms with E-state index >= 15 is 0 Å². The summed E-state index contributed by atoms with van der Waals surface area (Å²) >= 11 is 0. The lowest BCUT2D eigenvalue weighted by Crippen LogP contribution is -2.28. The van der Waals surface area contributed by atoms with Crippen molar-refractivity contribution < 1.29 is 9.90 Å². The van der Waals surface area contributed by atoms with Crippen LogP contribution in [0.3, 0.4) is 0 Å². The molecule has 0 aromatic heterocycles. The number of carbonyl (C=O) groups excluding carboxylic acids is 1. The van der Waals surface area contributed by atoms with E-state index in [1.54, 1.807) is 0 Å². The Labute approximate surface area is 96.5 Å². The largest absolute Gasteiger partial charge is 0.396 e. The molecule has 1 aromatic carbocycles. The molecule has 0 aliphatic heterocycles. The third-order valence-corrected chi connectivity index (χ3v) is 2.55. The van der Waals surface area contributed by atoms with Crippen molar-refractivity contribution in [2.45, 2.75) is 20.3 Å². The molecule has 1 unspecified atom stereocenters. The smallest absolute Gasteiger partial charge is 0.251 e. The number of nitrogens with one attached hydrogen (secondary N) is 1. The third-order valence-electron chi connectivity index (χ3n) is 2.55. The van der Waals surface area contributed by atoms with Crippen LogP contribution in [0.15, 0.2) is 24.3 Å². The van der Waals surface area contributed by atoms with Crippen LogP contribution in [0.1, 0.15) is 29.3 Å². The van der Waals surface area contributed by atoms with E-state index in [2.05, 4.69) is 5.32 Å². The van der Waals surface area contributed by atoms with Crippen molar-refractivity contribution in [2.24, 2.45) is 5.92 Å². The summed E-state index contributed by atoms with van der Waals surface area (Å²) in [6, 6.07) is 7.49. The number of aliphatic hydroxyl groups excluding tert-OH is 1. The fourth-order valence-electron chi connectivity index (χ4n) is 1.40. The molecule has 1 amide bonds. The predicted octanol–water partition coefficient (Wildman–Crippen LogP) is 1.74. The molecule has 88 valence electrons. The van der Waals surface area contributed by atoms with E-state index in [4.69, 9.17) is 5.11 Å². The second-order valence-electron chi connectivity index (χ2n) is 4.19. The first-order chi connectivity index (χ1) is 7.63. The number of hydrogen-bond acceptors (Lipinski definition) is 2. The number of aliphatic hydroxyl groups is 1. The molecular formula is C13H19NO2. The van der Waals surface area contributed by atoms with E-state index in [0.717, 1.165) is 5.56 Å². The van der Waals surface area contributed by atoms with Crippen LogP contribution in [0.5, 0.6) is 0 Å². The summed E-state index contributed by atoms with van der Waals surface area (Å²) in [5.74, 6) is 0.254. The Morgan fingerprint density at radius 1 is 1.38 bits per heavy atom. The van der Waals surface area contributed by atoms with Gasteiger partial charge in [-0.15, -0.1) is 0 Å². The molecule has 2 N–H and O–H groups in total. The monoisotopic (exact) mass is 221 g/mol. The molecule has 0 bridgehead atoms. The molecule has 3 heteroatoms. The minimum absolute atomic E-state index is 0.0511. The van der Waals surface area contributed by atoms with Gasteiger partial charge in [-0.1, -0.05) is 24.6 Å². The molecule has 0 aliphatic carbocycles. The molecular weight excluding hydrogens is 202 g/mol. The highest BCUT2D eigenvalue weighted by Gasteiger charge is 2.06. The number of carbonyl (C=O) groups is 1. The van der Waals surface area contributed by atoms with Gasteiger partial charge < -0.3 is 10.4 Å². The Morgan fingerprint density at radius 3 is 2.56 bits per heavy atom. The summed E-state index contributed by atoms with van der Waals surface area (Å²) in [6.07, 6.45) is 0.716. The van der Waals surface area contributed by atoms with Crippen molar-refractivity contribution in [3.05, 3.63) is 35.4 Å². The molecule has 1 aromatic rings. The fraction of sp³-hybridized carbons (Fsp3) is 0.462. The maximum Gasteiger partial charge on any atom is 0.251 e. The van der Waals surface area contributed by atoms with Gasteiger partial charge in [-0.3, -0.25) is 4.79 Å². The molecule has 0 saturated carbocycles. The maximum atomic E-state index is 11.7. The quantitative estimate of drug-likeness (QED) is 0.795. The van der Waals surface area contributed by atoms with Gasteiger partial charge in [0, 0.05) is 18.7 Å². The normalized spacial score (nSPS) is 12.2. The van der Waals surface area contributed by atoms with E-state index in [9.17, 15) is 4.79 Å². The lowest BCUT2D eigenvalue weighted by Gasteiger charge is -2.11. The Morgan fingerprint density at radius 2 is 2.00 bits per heavy atom. The van der Waals surface area contributed by atoms with Crippen molar-refractivity contribution in [1.29, 1.82) is 0 Å². The second kappa shape index (κ2) is 6.28. The highest BCUT2D eigenvalue weighted by atomic mass is 16.3. The number of aryl methyl sites for hydroxylation is 1. The van der Waals surface area contributed by atoms with Gasteiger partial charge in [0.05, 0.1) is 0 Å². The van der Waals surface area contributed by atoms with E-state index in [-0.39, 0.29) is 12.5 Å². The molecule has 1 atom stereocenters. The molecule has 0 heterocycles. The minimum Gasteiger partial charge on any atom is -0.396 e. The number of benzene rings is 1. The number of rotatable bonds is 5. The third kappa shape index (κ3) is 4.03. The van der Waals surface area contributed by atoms with Crippen molar-refractivity contribution >= 4 is 5.91 Å². The molecule has 3 nitrogen and oxygen atoms in total. The predicted molar refractivity (Wildman–Crippen MR) is 64.4 cm³/mol. The topological polar surface area (TPSA) is 49.3 Å². The Hall–Kier alpha value is -1.35. The average molecular weight is 221 g/mol.